The molecule has 1 aromatic heterocycles. The van der Waals surface area contributed by atoms with E-state index in [4.69, 9.17) is 0 Å². The molecule has 0 spiro atoms. The Morgan fingerprint density at radius 1 is 1.07 bits per heavy atom. The van der Waals surface area contributed by atoms with Gasteiger partial charge in [-0.2, -0.15) is 0 Å². The lowest BCUT2D eigenvalue weighted by atomic mass is 9.93. The lowest BCUT2D eigenvalue weighted by Crippen LogP contribution is -2.51. The highest BCUT2D eigenvalue weighted by molar-refractivity contribution is 5.79. The van der Waals surface area contributed by atoms with E-state index >= 15 is 0 Å². The summed E-state index contributed by atoms with van der Waals surface area (Å²) in [4.78, 5) is 33.9. The normalized spacial score (nSPS) is 23.7. The van der Waals surface area contributed by atoms with Gasteiger partial charge in [-0.3, -0.25) is 19.5 Å². The first kappa shape index (κ1) is 20.3. The lowest BCUT2D eigenvalue weighted by molar-refractivity contribution is -0.133. The molecule has 6 nitrogen and oxygen atoms in total. The van der Waals surface area contributed by atoms with Gasteiger partial charge in [0.15, 0.2) is 0 Å². The van der Waals surface area contributed by atoms with Crippen molar-refractivity contribution in [3.63, 3.8) is 0 Å². The summed E-state index contributed by atoms with van der Waals surface area (Å²) in [5.74, 6) is 1.38. The van der Waals surface area contributed by atoms with Crippen LogP contribution in [-0.4, -0.2) is 58.8 Å². The first-order valence-electron chi connectivity index (χ1n) is 11.4. The minimum atomic E-state index is 0.0608. The predicted molar refractivity (Wildman–Crippen MR) is 112 cm³/mol. The van der Waals surface area contributed by atoms with Crippen LogP contribution >= 0.6 is 0 Å². The van der Waals surface area contributed by atoms with Crippen molar-refractivity contribution in [1.82, 2.24) is 20.1 Å². The molecule has 1 saturated carbocycles. The second kappa shape index (κ2) is 9.70. The lowest BCUT2D eigenvalue weighted by Gasteiger charge is -2.42. The van der Waals surface area contributed by atoms with Crippen LogP contribution in [0.25, 0.3) is 0 Å². The molecule has 0 unspecified atom stereocenters. The molecule has 4 rings (SSSR count). The molecule has 2 amide bonds. The second-order valence-electron chi connectivity index (χ2n) is 8.97. The third-order valence-electron chi connectivity index (χ3n) is 6.79. The van der Waals surface area contributed by atoms with Crippen LogP contribution in [0.5, 0.6) is 0 Å². The highest BCUT2D eigenvalue weighted by Crippen LogP contribution is 2.34. The number of nitrogens with zero attached hydrogens (tertiary/aromatic N) is 3. The van der Waals surface area contributed by atoms with E-state index in [1.807, 2.05) is 18.2 Å². The van der Waals surface area contributed by atoms with Crippen molar-refractivity contribution in [2.75, 3.05) is 26.2 Å². The average Bonchev–Trinajstić information content (AvgIpc) is 3.61. The fourth-order valence-corrected chi connectivity index (χ4v) is 4.75. The molecule has 6 heteroatoms. The predicted octanol–water partition coefficient (Wildman–Crippen LogP) is 2.59. The fraction of sp³-hybridized carbons (Fsp3) is 0.696. The molecule has 1 N–H and O–H groups in total. The van der Waals surface area contributed by atoms with E-state index in [0.29, 0.717) is 18.5 Å². The van der Waals surface area contributed by atoms with Crippen LogP contribution in [0.4, 0.5) is 0 Å². The highest BCUT2D eigenvalue weighted by atomic mass is 16.2. The van der Waals surface area contributed by atoms with E-state index in [9.17, 15) is 9.59 Å². The number of nitrogens with one attached hydrogen (secondary N) is 1. The summed E-state index contributed by atoms with van der Waals surface area (Å²) in [5, 5.41) is 3.06. The van der Waals surface area contributed by atoms with Gasteiger partial charge in [-0.15, -0.1) is 0 Å². The fourth-order valence-electron chi connectivity index (χ4n) is 4.75. The van der Waals surface area contributed by atoms with Crippen molar-refractivity contribution in [1.29, 1.82) is 0 Å². The first-order valence-corrected chi connectivity index (χ1v) is 11.4. The monoisotopic (exact) mass is 398 g/mol. The molecule has 3 fully saturated rings. The maximum absolute atomic E-state index is 12.7. The largest absolute Gasteiger partial charge is 0.350 e. The van der Waals surface area contributed by atoms with Crippen LogP contribution in [0.1, 0.15) is 57.1 Å². The number of likely N-dealkylation sites (tertiary alicyclic amines) is 2. The van der Waals surface area contributed by atoms with Crippen molar-refractivity contribution in [2.45, 2.75) is 64.0 Å². The van der Waals surface area contributed by atoms with Crippen LogP contribution in [-0.2, 0) is 16.1 Å². The van der Waals surface area contributed by atoms with Gasteiger partial charge in [-0.1, -0.05) is 18.9 Å². The zero-order chi connectivity index (χ0) is 20.1. The van der Waals surface area contributed by atoms with E-state index in [-0.39, 0.29) is 11.8 Å². The summed E-state index contributed by atoms with van der Waals surface area (Å²) >= 11 is 0. The number of pyridine rings is 1. The van der Waals surface area contributed by atoms with Gasteiger partial charge < -0.3 is 10.2 Å². The quantitative estimate of drug-likeness (QED) is 0.767. The standard InChI is InChI=1S/C23H34N4O2/c28-22(9-8-18-6-7-18)26-14-10-21(11-15-26)27-13-3-4-19(17-27)23(29)25-16-20-5-1-2-12-24-20/h1-2,5,12,18-19,21H,3-4,6-11,13-17H2,(H,25,29)/t19-/m1/s1. The molecule has 29 heavy (non-hydrogen) atoms. The van der Waals surface area contributed by atoms with E-state index in [0.717, 1.165) is 76.3 Å². The minimum Gasteiger partial charge on any atom is -0.350 e. The molecular formula is C23H34N4O2. The van der Waals surface area contributed by atoms with Gasteiger partial charge in [0.1, 0.15) is 0 Å². The smallest absolute Gasteiger partial charge is 0.224 e. The van der Waals surface area contributed by atoms with Gasteiger partial charge in [0.2, 0.25) is 11.8 Å². The molecule has 1 atom stereocenters. The van der Waals surface area contributed by atoms with Crippen molar-refractivity contribution in [3.8, 4) is 0 Å². The zero-order valence-corrected chi connectivity index (χ0v) is 17.4. The Balaban J connectivity index is 1.20. The maximum atomic E-state index is 12.7. The first-order chi connectivity index (χ1) is 14.2. The molecule has 158 valence electrons. The number of hydrogen-bond donors (Lipinski definition) is 1. The average molecular weight is 399 g/mol. The minimum absolute atomic E-state index is 0.0608. The number of piperidine rings is 2. The number of rotatable bonds is 7. The Hall–Kier alpha value is -1.95. The molecule has 0 bridgehead atoms. The van der Waals surface area contributed by atoms with E-state index in [1.54, 1.807) is 6.20 Å². The molecule has 0 radical (unpaired) electrons. The molecular weight excluding hydrogens is 364 g/mol. The van der Waals surface area contributed by atoms with Gasteiger partial charge in [0.05, 0.1) is 18.2 Å². The van der Waals surface area contributed by atoms with Crippen LogP contribution in [0, 0.1) is 11.8 Å². The van der Waals surface area contributed by atoms with Gasteiger partial charge in [-0.05, 0) is 56.7 Å². The van der Waals surface area contributed by atoms with Crippen LogP contribution < -0.4 is 5.32 Å². The van der Waals surface area contributed by atoms with Gasteiger partial charge in [-0.25, -0.2) is 0 Å². The Labute approximate surface area is 174 Å². The highest BCUT2D eigenvalue weighted by Gasteiger charge is 2.32. The SMILES string of the molecule is O=C(NCc1ccccn1)[C@@H]1CCCN(C2CCN(C(=O)CCC3CC3)CC2)C1. The van der Waals surface area contributed by atoms with Crippen LogP contribution in [0.2, 0.25) is 0 Å². The molecule has 3 aliphatic rings. The van der Waals surface area contributed by atoms with E-state index in [1.165, 1.54) is 12.8 Å². The number of hydrogen-bond acceptors (Lipinski definition) is 4. The number of aromatic nitrogens is 1. The Kier molecular flexibility index (Phi) is 6.80. The summed E-state index contributed by atoms with van der Waals surface area (Å²) in [7, 11) is 0. The molecule has 1 aliphatic carbocycles. The maximum Gasteiger partial charge on any atom is 0.224 e. The van der Waals surface area contributed by atoms with E-state index in [2.05, 4.69) is 20.1 Å². The van der Waals surface area contributed by atoms with Gasteiger partial charge >= 0.3 is 0 Å². The Morgan fingerprint density at radius 2 is 1.90 bits per heavy atom. The van der Waals surface area contributed by atoms with Crippen LogP contribution in [0.15, 0.2) is 24.4 Å². The molecule has 2 saturated heterocycles. The zero-order valence-electron chi connectivity index (χ0n) is 17.4. The summed E-state index contributed by atoms with van der Waals surface area (Å²) in [5.41, 5.74) is 0.896. The molecule has 2 aliphatic heterocycles. The van der Waals surface area contributed by atoms with Crippen molar-refractivity contribution in [3.05, 3.63) is 30.1 Å². The number of carbonyl (C=O) groups is 2. The summed E-state index contributed by atoms with van der Waals surface area (Å²) in [6.45, 7) is 4.17. The molecule has 1 aromatic rings. The summed E-state index contributed by atoms with van der Waals surface area (Å²) in [6, 6.07) is 6.28. The Morgan fingerprint density at radius 3 is 2.62 bits per heavy atom. The van der Waals surface area contributed by atoms with Crippen molar-refractivity contribution < 1.29 is 9.59 Å². The summed E-state index contributed by atoms with van der Waals surface area (Å²) < 4.78 is 0. The molecule has 3 heterocycles. The molecule has 0 aromatic carbocycles. The summed E-state index contributed by atoms with van der Waals surface area (Å²) in [6.07, 6.45) is 10.3. The Bertz CT molecular complexity index is 683. The van der Waals surface area contributed by atoms with Gasteiger partial charge in [0, 0.05) is 38.3 Å². The third kappa shape index (κ3) is 5.78. The topological polar surface area (TPSA) is 65.5 Å². The van der Waals surface area contributed by atoms with Gasteiger partial charge in [0.25, 0.3) is 0 Å². The van der Waals surface area contributed by atoms with Crippen molar-refractivity contribution >= 4 is 11.8 Å². The number of carbonyl (C=O) groups excluding carboxylic acids is 2. The van der Waals surface area contributed by atoms with Crippen molar-refractivity contribution in [2.24, 2.45) is 11.8 Å². The van der Waals surface area contributed by atoms with E-state index < -0.39 is 0 Å². The number of amides is 2. The van der Waals surface area contributed by atoms with Crippen LogP contribution in [0.3, 0.4) is 0 Å². The third-order valence-corrected chi connectivity index (χ3v) is 6.79. The second-order valence-corrected chi connectivity index (χ2v) is 8.97.